The molecule has 1 fully saturated rings. The van der Waals surface area contributed by atoms with Gasteiger partial charge in [0.05, 0.1) is 0 Å². The van der Waals surface area contributed by atoms with Crippen molar-refractivity contribution in [3.05, 3.63) is 71.8 Å². The molecule has 1 saturated heterocycles. The molecular weight excluding hydrogens is 294 g/mol. The standard InChI is InChI=1S/C22H27NO/c1-18-12-13-23(16-18)17-21(20-10-6-3-7-11-20)15-22(24)14-19-8-4-2-5-9-19/h2-11,18,21H,12-17H2,1H3/t18?,21-/m0/s1. The van der Waals surface area contributed by atoms with Gasteiger partial charge < -0.3 is 4.90 Å². The third-order valence-corrected chi connectivity index (χ3v) is 4.98. The van der Waals surface area contributed by atoms with Crippen LogP contribution in [0.15, 0.2) is 60.7 Å². The summed E-state index contributed by atoms with van der Waals surface area (Å²) in [7, 11) is 0. The van der Waals surface area contributed by atoms with Crippen LogP contribution in [0.5, 0.6) is 0 Å². The van der Waals surface area contributed by atoms with Gasteiger partial charge in [0.25, 0.3) is 0 Å². The quantitative estimate of drug-likeness (QED) is 0.757. The summed E-state index contributed by atoms with van der Waals surface area (Å²) >= 11 is 0. The van der Waals surface area contributed by atoms with Gasteiger partial charge in [-0.05, 0) is 30.0 Å². The van der Waals surface area contributed by atoms with E-state index in [0.29, 0.717) is 24.5 Å². The second kappa shape index (κ2) is 8.25. The van der Waals surface area contributed by atoms with Gasteiger partial charge in [-0.15, -0.1) is 0 Å². The highest BCUT2D eigenvalue weighted by atomic mass is 16.1. The number of hydrogen-bond acceptors (Lipinski definition) is 2. The fraction of sp³-hybridized carbons (Fsp3) is 0.409. The summed E-state index contributed by atoms with van der Waals surface area (Å²) in [4.78, 5) is 15.1. The molecule has 2 aromatic rings. The van der Waals surface area contributed by atoms with E-state index in [4.69, 9.17) is 0 Å². The summed E-state index contributed by atoms with van der Waals surface area (Å²) < 4.78 is 0. The Morgan fingerprint density at radius 1 is 1.08 bits per heavy atom. The maximum atomic E-state index is 12.6. The van der Waals surface area contributed by atoms with Crippen molar-refractivity contribution >= 4 is 5.78 Å². The highest BCUT2D eigenvalue weighted by molar-refractivity contribution is 5.81. The van der Waals surface area contributed by atoms with E-state index in [1.807, 2.05) is 36.4 Å². The summed E-state index contributed by atoms with van der Waals surface area (Å²) in [6.45, 7) is 5.64. The molecule has 2 aromatic carbocycles. The van der Waals surface area contributed by atoms with Crippen molar-refractivity contribution in [2.24, 2.45) is 5.92 Å². The molecule has 0 radical (unpaired) electrons. The van der Waals surface area contributed by atoms with Gasteiger partial charge in [-0.3, -0.25) is 4.79 Å². The summed E-state index contributed by atoms with van der Waals surface area (Å²) in [5.74, 6) is 1.41. The van der Waals surface area contributed by atoms with Crippen LogP contribution in [0.25, 0.3) is 0 Å². The number of nitrogens with zero attached hydrogens (tertiary/aromatic N) is 1. The zero-order valence-electron chi connectivity index (χ0n) is 14.5. The SMILES string of the molecule is CC1CCN(C[C@H](CC(=O)Cc2ccccc2)c2ccccc2)C1. The number of likely N-dealkylation sites (tertiary alicyclic amines) is 1. The van der Waals surface area contributed by atoms with E-state index < -0.39 is 0 Å². The molecule has 24 heavy (non-hydrogen) atoms. The molecule has 2 nitrogen and oxygen atoms in total. The first-order valence-electron chi connectivity index (χ1n) is 9.03. The van der Waals surface area contributed by atoms with Crippen molar-refractivity contribution in [1.82, 2.24) is 4.90 Å². The third kappa shape index (κ3) is 4.78. The van der Waals surface area contributed by atoms with Gasteiger partial charge in [-0.1, -0.05) is 67.6 Å². The lowest BCUT2D eigenvalue weighted by molar-refractivity contribution is -0.118. The summed E-state index contributed by atoms with van der Waals surface area (Å²) in [6.07, 6.45) is 2.45. The highest BCUT2D eigenvalue weighted by Gasteiger charge is 2.24. The second-order valence-corrected chi connectivity index (χ2v) is 7.17. The van der Waals surface area contributed by atoms with E-state index in [9.17, 15) is 4.79 Å². The maximum Gasteiger partial charge on any atom is 0.137 e. The molecule has 0 spiro atoms. The molecule has 0 aromatic heterocycles. The van der Waals surface area contributed by atoms with E-state index in [1.54, 1.807) is 0 Å². The first-order chi connectivity index (χ1) is 11.7. The Bertz CT molecular complexity index is 638. The number of carbonyl (C=O) groups is 1. The Morgan fingerprint density at radius 3 is 2.38 bits per heavy atom. The molecule has 1 aliphatic rings. The van der Waals surface area contributed by atoms with Crippen LogP contribution in [-0.2, 0) is 11.2 Å². The van der Waals surface area contributed by atoms with Gasteiger partial charge in [-0.2, -0.15) is 0 Å². The zero-order valence-corrected chi connectivity index (χ0v) is 14.5. The summed E-state index contributed by atoms with van der Waals surface area (Å²) in [6, 6.07) is 20.6. The molecule has 1 heterocycles. The van der Waals surface area contributed by atoms with Crippen molar-refractivity contribution in [1.29, 1.82) is 0 Å². The maximum absolute atomic E-state index is 12.6. The third-order valence-electron chi connectivity index (χ3n) is 4.98. The normalized spacial score (nSPS) is 19.3. The molecule has 3 rings (SSSR count). The minimum Gasteiger partial charge on any atom is -0.302 e. The predicted octanol–water partition coefficient (Wildman–Crippen LogP) is 4.31. The average Bonchev–Trinajstić information content (AvgIpc) is 3.01. The summed E-state index contributed by atoms with van der Waals surface area (Å²) in [5.41, 5.74) is 2.41. The fourth-order valence-corrected chi connectivity index (χ4v) is 3.69. The van der Waals surface area contributed by atoms with E-state index in [1.165, 1.54) is 12.0 Å². The van der Waals surface area contributed by atoms with Crippen molar-refractivity contribution in [2.75, 3.05) is 19.6 Å². The Kier molecular flexibility index (Phi) is 5.81. The van der Waals surface area contributed by atoms with Crippen LogP contribution in [0.3, 0.4) is 0 Å². The van der Waals surface area contributed by atoms with Gasteiger partial charge in [0.15, 0.2) is 0 Å². The predicted molar refractivity (Wildman–Crippen MR) is 99.2 cm³/mol. The molecular formula is C22H27NO. The van der Waals surface area contributed by atoms with Crippen molar-refractivity contribution in [2.45, 2.75) is 32.1 Å². The number of rotatable bonds is 7. The van der Waals surface area contributed by atoms with E-state index in [-0.39, 0.29) is 0 Å². The lowest BCUT2D eigenvalue weighted by Gasteiger charge is -2.24. The topological polar surface area (TPSA) is 20.3 Å². The molecule has 0 aliphatic carbocycles. The molecule has 126 valence electrons. The number of Topliss-reactive ketones (excluding diaryl/α,β-unsaturated/α-hetero) is 1. The molecule has 0 saturated carbocycles. The van der Waals surface area contributed by atoms with Crippen molar-refractivity contribution in [3.8, 4) is 0 Å². The molecule has 1 aliphatic heterocycles. The van der Waals surface area contributed by atoms with Gasteiger partial charge in [0.1, 0.15) is 5.78 Å². The van der Waals surface area contributed by atoms with Gasteiger partial charge in [-0.25, -0.2) is 0 Å². The fourth-order valence-electron chi connectivity index (χ4n) is 3.69. The van der Waals surface area contributed by atoms with Crippen LogP contribution in [0.2, 0.25) is 0 Å². The minimum atomic E-state index is 0.299. The minimum absolute atomic E-state index is 0.299. The number of benzene rings is 2. The Balaban J connectivity index is 1.66. The zero-order chi connectivity index (χ0) is 16.8. The first kappa shape index (κ1) is 16.9. The van der Waals surface area contributed by atoms with Crippen molar-refractivity contribution < 1.29 is 4.79 Å². The molecule has 0 bridgehead atoms. The van der Waals surface area contributed by atoms with Crippen LogP contribution in [-0.4, -0.2) is 30.3 Å². The molecule has 0 N–H and O–H groups in total. The Morgan fingerprint density at radius 2 is 1.75 bits per heavy atom. The first-order valence-corrected chi connectivity index (χ1v) is 9.03. The van der Waals surface area contributed by atoms with E-state index >= 15 is 0 Å². The second-order valence-electron chi connectivity index (χ2n) is 7.17. The highest BCUT2D eigenvalue weighted by Crippen LogP contribution is 2.25. The lowest BCUT2D eigenvalue weighted by Crippen LogP contribution is -2.28. The summed E-state index contributed by atoms with van der Waals surface area (Å²) in [5, 5.41) is 0. The molecule has 1 unspecified atom stereocenters. The Labute approximate surface area is 145 Å². The average molecular weight is 321 g/mol. The van der Waals surface area contributed by atoms with Gasteiger partial charge in [0.2, 0.25) is 0 Å². The molecule has 2 atom stereocenters. The largest absolute Gasteiger partial charge is 0.302 e. The van der Waals surface area contributed by atoms with Crippen LogP contribution in [0.4, 0.5) is 0 Å². The number of ketones is 1. The number of hydrogen-bond donors (Lipinski definition) is 0. The van der Waals surface area contributed by atoms with E-state index in [2.05, 4.69) is 36.1 Å². The van der Waals surface area contributed by atoms with Crippen LogP contribution in [0.1, 0.15) is 36.8 Å². The van der Waals surface area contributed by atoms with Crippen LogP contribution in [0, 0.1) is 5.92 Å². The van der Waals surface area contributed by atoms with Crippen LogP contribution < -0.4 is 0 Å². The van der Waals surface area contributed by atoms with Gasteiger partial charge in [0, 0.05) is 31.8 Å². The lowest BCUT2D eigenvalue weighted by atomic mass is 9.91. The Hall–Kier alpha value is -1.93. The van der Waals surface area contributed by atoms with Crippen LogP contribution >= 0.6 is 0 Å². The van der Waals surface area contributed by atoms with Gasteiger partial charge >= 0.3 is 0 Å². The molecule has 0 amide bonds. The number of carbonyl (C=O) groups excluding carboxylic acids is 1. The monoisotopic (exact) mass is 321 g/mol. The van der Waals surface area contributed by atoms with Crippen molar-refractivity contribution in [3.63, 3.8) is 0 Å². The van der Waals surface area contributed by atoms with E-state index in [0.717, 1.165) is 31.1 Å². The smallest absolute Gasteiger partial charge is 0.137 e. The molecule has 2 heteroatoms.